The van der Waals surface area contributed by atoms with Crippen molar-refractivity contribution in [2.24, 2.45) is 0 Å². The van der Waals surface area contributed by atoms with Gasteiger partial charge >= 0.3 is 0 Å². The molecule has 8 heteroatoms. The van der Waals surface area contributed by atoms with E-state index in [1.54, 1.807) is 36.5 Å². The minimum absolute atomic E-state index is 0.213. The summed E-state index contributed by atoms with van der Waals surface area (Å²) >= 11 is 0. The normalized spacial score (nSPS) is 10.5. The quantitative estimate of drug-likeness (QED) is 0.568. The van der Waals surface area contributed by atoms with E-state index in [4.69, 9.17) is 0 Å². The molecule has 0 aliphatic heterocycles. The fourth-order valence-corrected chi connectivity index (χ4v) is 2.49. The highest BCUT2D eigenvalue weighted by Crippen LogP contribution is 2.25. The summed E-state index contributed by atoms with van der Waals surface area (Å²) < 4.78 is 14.2. The molecule has 0 unspecified atom stereocenters. The summed E-state index contributed by atoms with van der Waals surface area (Å²) in [6.45, 7) is 0. The number of hydrogen-bond acceptors (Lipinski definition) is 6. The molecule has 4 aromatic rings. The summed E-state index contributed by atoms with van der Waals surface area (Å²) in [5, 5.41) is 21.4. The van der Waals surface area contributed by atoms with Crippen LogP contribution in [0.4, 0.5) is 4.39 Å². The molecule has 3 heterocycles. The highest BCUT2D eigenvalue weighted by molar-refractivity contribution is 5.70. The van der Waals surface area contributed by atoms with Crippen molar-refractivity contribution in [1.82, 2.24) is 30.2 Å². The van der Waals surface area contributed by atoms with Crippen molar-refractivity contribution in [3.8, 4) is 34.4 Å². The van der Waals surface area contributed by atoms with Crippen LogP contribution in [-0.2, 0) is 0 Å². The molecule has 0 N–H and O–H groups in total. The molecule has 0 fully saturated rings. The Morgan fingerprint density at radius 1 is 1.00 bits per heavy atom. The van der Waals surface area contributed by atoms with Crippen LogP contribution in [0.25, 0.3) is 28.3 Å². The van der Waals surface area contributed by atoms with Crippen LogP contribution in [0, 0.1) is 17.1 Å². The van der Waals surface area contributed by atoms with E-state index in [1.807, 2.05) is 12.1 Å². The summed E-state index contributed by atoms with van der Waals surface area (Å²) in [6, 6.07) is 15.0. The van der Waals surface area contributed by atoms with Gasteiger partial charge in [-0.25, -0.2) is 9.37 Å². The molecule has 0 aliphatic rings. The Morgan fingerprint density at radius 2 is 1.88 bits per heavy atom. The first kappa shape index (κ1) is 15.5. The van der Waals surface area contributed by atoms with Crippen molar-refractivity contribution >= 4 is 0 Å². The molecule has 4 rings (SSSR count). The number of hydrogen-bond donors (Lipinski definition) is 0. The van der Waals surface area contributed by atoms with Crippen molar-refractivity contribution in [2.75, 3.05) is 0 Å². The zero-order valence-electron chi connectivity index (χ0n) is 13.3. The van der Waals surface area contributed by atoms with Crippen molar-refractivity contribution in [3.63, 3.8) is 0 Å². The van der Waals surface area contributed by atoms with Crippen LogP contribution in [0.15, 0.2) is 60.9 Å². The van der Waals surface area contributed by atoms with Gasteiger partial charge in [-0.1, -0.05) is 6.07 Å². The Bertz CT molecular complexity index is 1120. The first-order valence-electron chi connectivity index (χ1n) is 7.62. The Kier molecular flexibility index (Phi) is 3.88. The third-order valence-corrected chi connectivity index (χ3v) is 3.65. The summed E-state index contributed by atoms with van der Waals surface area (Å²) in [5.41, 5.74) is 2.18. The van der Waals surface area contributed by atoms with Gasteiger partial charge in [0, 0.05) is 24.0 Å². The zero-order valence-corrected chi connectivity index (χ0v) is 13.3. The molecule has 3 aromatic heterocycles. The van der Waals surface area contributed by atoms with E-state index in [2.05, 4.69) is 25.4 Å². The van der Waals surface area contributed by atoms with Crippen LogP contribution in [0.1, 0.15) is 5.69 Å². The largest absolute Gasteiger partial charge is 0.253 e. The van der Waals surface area contributed by atoms with Gasteiger partial charge in [-0.15, -0.1) is 15.0 Å². The lowest BCUT2D eigenvalue weighted by molar-refractivity contribution is 0.621. The highest BCUT2D eigenvalue weighted by atomic mass is 19.1. The summed E-state index contributed by atoms with van der Waals surface area (Å²) in [5.74, 6) is -0.155. The minimum atomic E-state index is -0.484. The summed E-state index contributed by atoms with van der Waals surface area (Å²) in [4.78, 5) is 9.39. The van der Waals surface area contributed by atoms with Gasteiger partial charge in [0.25, 0.3) is 0 Å². The smallest absolute Gasteiger partial charge is 0.223 e. The maximum atomic E-state index is 14.2. The van der Waals surface area contributed by atoms with Gasteiger partial charge in [0.1, 0.15) is 23.3 Å². The van der Waals surface area contributed by atoms with E-state index in [9.17, 15) is 9.65 Å². The van der Waals surface area contributed by atoms with Crippen LogP contribution >= 0.6 is 0 Å². The van der Waals surface area contributed by atoms with Crippen LogP contribution < -0.4 is 0 Å². The molecular weight excluding hydrogens is 333 g/mol. The average Bonchev–Trinajstić information content (AvgIpc) is 3.18. The topological polar surface area (TPSA) is 93.2 Å². The number of nitriles is 1. The van der Waals surface area contributed by atoms with E-state index in [0.717, 1.165) is 0 Å². The van der Waals surface area contributed by atoms with Crippen LogP contribution in [0.5, 0.6) is 0 Å². The molecule has 26 heavy (non-hydrogen) atoms. The molecule has 1 aromatic carbocycles. The third-order valence-electron chi connectivity index (χ3n) is 3.65. The molecule has 0 saturated carbocycles. The van der Waals surface area contributed by atoms with Gasteiger partial charge in [-0.3, -0.25) is 4.98 Å². The Hall–Kier alpha value is -3.99. The predicted molar refractivity (Wildman–Crippen MR) is 90.3 cm³/mol. The minimum Gasteiger partial charge on any atom is -0.253 e. The van der Waals surface area contributed by atoms with Crippen molar-refractivity contribution in [1.29, 1.82) is 5.26 Å². The molecule has 0 radical (unpaired) electrons. The van der Waals surface area contributed by atoms with Crippen LogP contribution in [0.3, 0.4) is 0 Å². The molecule has 0 aliphatic carbocycles. The predicted octanol–water partition coefficient (Wildman–Crippen LogP) is 2.80. The zero-order chi connectivity index (χ0) is 17.9. The number of pyridine rings is 2. The SMILES string of the molecule is N#Cc1ncccc1-c1cc(F)cc(-n2nnc(-c3ccccn3)n2)c1. The van der Waals surface area contributed by atoms with Crippen molar-refractivity contribution in [3.05, 3.63) is 72.4 Å². The van der Waals surface area contributed by atoms with Gasteiger partial charge in [0.2, 0.25) is 5.82 Å². The number of benzene rings is 1. The lowest BCUT2D eigenvalue weighted by atomic mass is 10.0. The maximum Gasteiger partial charge on any atom is 0.223 e. The first-order chi connectivity index (χ1) is 12.7. The van der Waals surface area contributed by atoms with E-state index in [1.165, 1.54) is 23.1 Å². The van der Waals surface area contributed by atoms with E-state index >= 15 is 0 Å². The lowest BCUT2D eigenvalue weighted by Crippen LogP contribution is -2.01. The monoisotopic (exact) mass is 343 g/mol. The maximum absolute atomic E-state index is 14.2. The number of rotatable bonds is 3. The Labute approximate surface area is 147 Å². The van der Waals surface area contributed by atoms with Gasteiger partial charge in [0.15, 0.2) is 0 Å². The second-order valence-corrected chi connectivity index (χ2v) is 5.33. The molecule has 0 saturated heterocycles. The molecule has 0 spiro atoms. The molecule has 0 bridgehead atoms. The molecule has 0 amide bonds. The number of nitrogens with zero attached hydrogens (tertiary/aromatic N) is 7. The van der Waals surface area contributed by atoms with Gasteiger partial charge < -0.3 is 0 Å². The molecule has 124 valence electrons. The van der Waals surface area contributed by atoms with Gasteiger partial charge in [-0.2, -0.15) is 5.26 Å². The van der Waals surface area contributed by atoms with E-state index < -0.39 is 5.82 Å². The fourth-order valence-electron chi connectivity index (χ4n) is 2.49. The van der Waals surface area contributed by atoms with E-state index in [0.29, 0.717) is 28.3 Å². The van der Waals surface area contributed by atoms with Crippen molar-refractivity contribution in [2.45, 2.75) is 0 Å². The Morgan fingerprint density at radius 3 is 2.69 bits per heavy atom. The summed E-state index contributed by atoms with van der Waals surface area (Å²) in [7, 11) is 0. The van der Waals surface area contributed by atoms with Gasteiger partial charge in [0.05, 0.1) is 5.69 Å². The second kappa shape index (κ2) is 6.49. The standard InChI is InChI=1S/C18H10FN7/c19-13-8-12(15-4-3-7-22-17(15)11-20)9-14(10-13)26-24-18(23-25-26)16-5-1-2-6-21-16/h1-10H. The summed E-state index contributed by atoms with van der Waals surface area (Å²) in [6.07, 6.45) is 3.14. The second-order valence-electron chi connectivity index (χ2n) is 5.33. The molecule has 7 nitrogen and oxygen atoms in total. The first-order valence-corrected chi connectivity index (χ1v) is 7.62. The number of halogens is 1. The van der Waals surface area contributed by atoms with Crippen LogP contribution in [-0.4, -0.2) is 30.2 Å². The van der Waals surface area contributed by atoms with Gasteiger partial charge in [-0.05, 0) is 47.2 Å². The van der Waals surface area contributed by atoms with Crippen molar-refractivity contribution < 1.29 is 4.39 Å². The third kappa shape index (κ3) is 2.89. The average molecular weight is 343 g/mol. The fraction of sp³-hybridized carbons (Fsp3) is 0. The molecule has 0 atom stereocenters. The molecular formula is C18H10FN7. The lowest BCUT2D eigenvalue weighted by Gasteiger charge is -2.06. The number of aromatic nitrogens is 6. The highest BCUT2D eigenvalue weighted by Gasteiger charge is 2.12. The van der Waals surface area contributed by atoms with E-state index in [-0.39, 0.29) is 5.69 Å². The van der Waals surface area contributed by atoms with Crippen LogP contribution in [0.2, 0.25) is 0 Å². The number of tetrazole rings is 1. The Balaban J connectivity index is 1.78.